The smallest absolute Gasteiger partial charge is 0.311 e. The highest BCUT2D eigenvalue weighted by atomic mass is 35.5. The molecule has 1 fully saturated rings. The van der Waals surface area contributed by atoms with Crippen LogP contribution in [0, 0.1) is 12.8 Å². The van der Waals surface area contributed by atoms with Crippen molar-refractivity contribution in [3.05, 3.63) is 47.0 Å². The van der Waals surface area contributed by atoms with Gasteiger partial charge in [-0.3, -0.25) is 14.4 Å². The Bertz CT molecular complexity index is 1010. The van der Waals surface area contributed by atoms with E-state index in [1.54, 1.807) is 30.3 Å². The van der Waals surface area contributed by atoms with Crippen molar-refractivity contribution in [1.29, 1.82) is 0 Å². The monoisotopic (exact) mass is 446 g/mol. The second-order valence-corrected chi connectivity index (χ2v) is 7.47. The fraction of sp³-hybridized carbons (Fsp3) is 0.318. The highest BCUT2D eigenvalue weighted by Gasteiger charge is 2.36. The van der Waals surface area contributed by atoms with Crippen LogP contribution >= 0.6 is 11.6 Å². The molecule has 164 valence electrons. The largest absolute Gasteiger partial charge is 0.497 e. The van der Waals surface area contributed by atoms with Gasteiger partial charge in [-0.2, -0.15) is 0 Å². The molecule has 2 aromatic rings. The van der Waals surface area contributed by atoms with E-state index in [9.17, 15) is 14.4 Å². The van der Waals surface area contributed by atoms with E-state index in [2.05, 4.69) is 5.32 Å². The van der Waals surface area contributed by atoms with Crippen LogP contribution < -0.4 is 19.7 Å². The molecule has 9 heteroatoms. The summed E-state index contributed by atoms with van der Waals surface area (Å²) in [6.07, 6.45) is 0.0122. The van der Waals surface area contributed by atoms with E-state index in [0.717, 1.165) is 5.56 Å². The van der Waals surface area contributed by atoms with Crippen molar-refractivity contribution in [1.82, 2.24) is 0 Å². The Morgan fingerprint density at radius 3 is 2.61 bits per heavy atom. The molecule has 1 aliphatic heterocycles. The van der Waals surface area contributed by atoms with Crippen LogP contribution in [0.15, 0.2) is 36.4 Å². The summed E-state index contributed by atoms with van der Waals surface area (Å²) in [6, 6.07) is 10.2. The van der Waals surface area contributed by atoms with Gasteiger partial charge >= 0.3 is 5.97 Å². The van der Waals surface area contributed by atoms with Crippen LogP contribution in [0.25, 0.3) is 0 Å². The van der Waals surface area contributed by atoms with Crippen molar-refractivity contribution in [3.63, 3.8) is 0 Å². The molecule has 31 heavy (non-hydrogen) atoms. The number of amides is 2. The number of anilines is 2. The maximum absolute atomic E-state index is 12.4. The molecule has 1 heterocycles. The molecule has 0 radical (unpaired) electrons. The molecule has 0 aliphatic carbocycles. The number of hydrogen-bond acceptors (Lipinski definition) is 6. The quantitative estimate of drug-likeness (QED) is 0.656. The number of halogens is 1. The Kier molecular flexibility index (Phi) is 7.02. The minimum Gasteiger partial charge on any atom is -0.497 e. The molecule has 1 aliphatic rings. The summed E-state index contributed by atoms with van der Waals surface area (Å²) in [7, 11) is 2.99. The number of carbonyl (C=O) groups excluding carboxylic acids is 3. The number of methoxy groups -OCH3 is 2. The number of esters is 1. The predicted octanol–water partition coefficient (Wildman–Crippen LogP) is 3.20. The summed E-state index contributed by atoms with van der Waals surface area (Å²) in [5, 5.41) is 3.17. The first kappa shape index (κ1) is 22.4. The maximum Gasteiger partial charge on any atom is 0.311 e. The Morgan fingerprint density at radius 2 is 1.94 bits per heavy atom. The van der Waals surface area contributed by atoms with Gasteiger partial charge in [-0.15, -0.1) is 0 Å². The van der Waals surface area contributed by atoms with E-state index in [4.69, 9.17) is 25.8 Å². The molecule has 0 bridgehead atoms. The Morgan fingerprint density at radius 1 is 1.16 bits per heavy atom. The van der Waals surface area contributed by atoms with Gasteiger partial charge < -0.3 is 24.4 Å². The summed E-state index contributed by atoms with van der Waals surface area (Å²) in [5.74, 6) is -1.00. The van der Waals surface area contributed by atoms with Gasteiger partial charge in [0.2, 0.25) is 5.91 Å². The van der Waals surface area contributed by atoms with Crippen LogP contribution in [0.4, 0.5) is 11.4 Å². The minimum absolute atomic E-state index is 0.0122. The molecule has 1 N–H and O–H groups in total. The molecule has 0 spiro atoms. The van der Waals surface area contributed by atoms with Crippen LogP contribution in [-0.4, -0.2) is 45.2 Å². The maximum atomic E-state index is 12.4. The van der Waals surface area contributed by atoms with E-state index in [1.807, 2.05) is 13.0 Å². The average Bonchev–Trinajstić information content (AvgIpc) is 3.16. The standard InChI is InChI=1S/C22H23ClN2O6/c1-13-4-5-15(9-17(13)23)25-11-14(8-21(25)27)22(28)31-12-20(26)24-18-7-6-16(29-2)10-19(18)30-3/h4-7,9-10,14H,8,11-12H2,1-3H3,(H,24,26)/t14-/m0/s1. The van der Waals surface area contributed by atoms with Gasteiger partial charge in [-0.1, -0.05) is 17.7 Å². The van der Waals surface area contributed by atoms with Gasteiger partial charge in [0.05, 0.1) is 25.8 Å². The van der Waals surface area contributed by atoms with Crippen LogP contribution in [0.3, 0.4) is 0 Å². The zero-order valence-corrected chi connectivity index (χ0v) is 18.2. The second-order valence-electron chi connectivity index (χ2n) is 7.06. The molecule has 1 saturated heterocycles. The Labute approximate surface area is 185 Å². The predicted molar refractivity (Wildman–Crippen MR) is 116 cm³/mol. The number of rotatable bonds is 7. The van der Waals surface area contributed by atoms with Gasteiger partial charge in [0.15, 0.2) is 6.61 Å². The van der Waals surface area contributed by atoms with E-state index in [1.165, 1.54) is 19.1 Å². The summed E-state index contributed by atoms with van der Waals surface area (Å²) in [6.45, 7) is 1.56. The third kappa shape index (κ3) is 5.27. The first-order chi connectivity index (χ1) is 14.8. The molecule has 0 saturated carbocycles. The minimum atomic E-state index is -0.657. The van der Waals surface area contributed by atoms with Gasteiger partial charge in [-0.05, 0) is 36.8 Å². The highest BCUT2D eigenvalue weighted by Crippen LogP contribution is 2.30. The normalized spacial score (nSPS) is 15.5. The van der Waals surface area contributed by atoms with Gasteiger partial charge in [-0.25, -0.2) is 0 Å². The van der Waals surface area contributed by atoms with E-state index in [0.29, 0.717) is 27.9 Å². The van der Waals surface area contributed by atoms with Crippen molar-refractivity contribution in [3.8, 4) is 11.5 Å². The SMILES string of the molecule is COc1ccc(NC(=O)COC(=O)[C@H]2CC(=O)N(c3ccc(C)c(Cl)c3)C2)c(OC)c1. The molecule has 2 amide bonds. The van der Waals surface area contributed by atoms with Crippen molar-refractivity contribution < 1.29 is 28.6 Å². The lowest BCUT2D eigenvalue weighted by Gasteiger charge is -2.17. The topological polar surface area (TPSA) is 94.2 Å². The van der Waals surface area contributed by atoms with Gasteiger partial charge in [0.1, 0.15) is 11.5 Å². The fourth-order valence-corrected chi connectivity index (χ4v) is 3.38. The van der Waals surface area contributed by atoms with Gasteiger partial charge in [0, 0.05) is 29.7 Å². The molecule has 2 aromatic carbocycles. The number of nitrogens with zero attached hydrogens (tertiary/aromatic N) is 1. The summed E-state index contributed by atoms with van der Waals surface area (Å²) in [4.78, 5) is 38.5. The summed E-state index contributed by atoms with van der Waals surface area (Å²) in [5.41, 5.74) is 1.94. The number of nitrogens with one attached hydrogen (secondary N) is 1. The van der Waals surface area contributed by atoms with Crippen molar-refractivity contribution in [2.45, 2.75) is 13.3 Å². The summed E-state index contributed by atoms with van der Waals surface area (Å²) < 4.78 is 15.5. The number of benzene rings is 2. The lowest BCUT2D eigenvalue weighted by atomic mass is 10.1. The first-order valence-electron chi connectivity index (χ1n) is 9.57. The van der Waals surface area contributed by atoms with Crippen LogP contribution in [0.5, 0.6) is 11.5 Å². The number of ether oxygens (including phenoxy) is 3. The average molecular weight is 447 g/mol. The zero-order chi connectivity index (χ0) is 22.5. The second kappa shape index (κ2) is 9.70. The molecule has 3 rings (SSSR count). The third-order valence-electron chi connectivity index (χ3n) is 4.95. The van der Waals surface area contributed by atoms with Crippen molar-refractivity contribution in [2.24, 2.45) is 5.92 Å². The molecular formula is C22H23ClN2O6. The van der Waals surface area contributed by atoms with Crippen molar-refractivity contribution in [2.75, 3.05) is 37.6 Å². The third-order valence-corrected chi connectivity index (χ3v) is 5.36. The molecular weight excluding hydrogens is 424 g/mol. The molecule has 0 unspecified atom stereocenters. The van der Waals surface area contributed by atoms with Gasteiger partial charge in [0.25, 0.3) is 5.91 Å². The van der Waals surface area contributed by atoms with E-state index >= 15 is 0 Å². The number of carbonyl (C=O) groups is 3. The Hall–Kier alpha value is -3.26. The Balaban J connectivity index is 1.55. The van der Waals surface area contributed by atoms with Crippen molar-refractivity contribution >= 4 is 40.8 Å². The number of aryl methyl sites for hydroxylation is 1. The van der Waals surface area contributed by atoms with E-state index in [-0.39, 0.29) is 18.9 Å². The number of hydrogen-bond donors (Lipinski definition) is 1. The fourth-order valence-electron chi connectivity index (χ4n) is 3.21. The highest BCUT2D eigenvalue weighted by molar-refractivity contribution is 6.31. The lowest BCUT2D eigenvalue weighted by Crippen LogP contribution is -2.28. The summed E-state index contributed by atoms with van der Waals surface area (Å²) >= 11 is 6.14. The molecule has 0 aromatic heterocycles. The van der Waals surface area contributed by atoms with Crippen LogP contribution in [0.2, 0.25) is 5.02 Å². The van der Waals surface area contributed by atoms with Crippen LogP contribution in [-0.2, 0) is 19.1 Å². The van der Waals surface area contributed by atoms with E-state index < -0.39 is 24.4 Å². The zero-order valence-electron chi connectivity index (χ0n) is 17.4. The van der Waals surface area contributed by atoms with Crippen LogP contribution in [0.1, 0.15) is 12.0 Å². The molecule has 8 nitrogen and oxygen atoms in total. The molecule has 1 atom stereocenters. The lowest BCUT2D eigenvalue weighted by molar-refractivity contribution is -0.151. The first-order valence-corrected chi connectivity index (χ1v) is 9.95.